The smallest absolute Gasteiger partial charge is 0.0231 e. The summed E-state index contributed by atoms with van der Waals surface area (Å²) in [7, 11) is 2.22. The maximum Gasteiger partial charge on any atom is 0.0231 e. The number of rotatable bonds is 6. The van der Waals surface area contributed by atoms with Crippen molar-refractivity contribution in [1.82, 2.24) is 9.80 Å². The molecule has 1 heterocycles. The van der Waals surface area contributed by atoms with Gasteiger partial charge in [0, 0.05) is 32.2 Å². The van der Waals surface area contributed by atoms with E-state index in [-0.39, 0.29) is 0 Å². The van der Waals surface area contributed by atoms with E-state index >= 15 is 0 Å². The van der Waals surface area contributed by atoms with Gasteiger partial charge in [-0.25, -0.2) is 0 Å². The topological polar surface area (TPSA) is 32.5 Å². The van der Waals surface area contributed by atoms with Crippen LogP contribution in [0.4, 0.5) is 0 Å². The summed E-state index contributed by atoms with van der Waals surface area (Å²) in [5.74, 6) is 0. The monoisotopic (exact) mass is 261 g/mol. The third-order valence-electron chi connectivity index (χ3n) is 3.98. The van der Waals surface area contributed by atoms with Crippen LogP contribution in [0.1, 0.15) is 24.8 Å². The van der Waals surface area contributed by atoms with Crippen LogP contribution in [-0.4, -0.2) is 49.1 Å². The third kappa shape index (κ3) is 4.60. The van der Waals surface area contributed by atoms with Crippen LogP contribution < -0.4 is 5.73 Å². The Kier molecular flexibility index (Phi) is 5.83. The van der Waals surface area contributed by atoms with Gasteiger partial charge in [0.15, 0.2) is 0 Å². The molecule has 1 fully saturated rings. The maximum absolute atomic E-state index is 5.72. The number of benzene rings is 1. The van der Waals surface area contributed by atoms with Crippen LogP contribution in [0.15, 0.2) is 30.3 Å². The molecule has 0 unspecified atom stereocenters. The fourth-order valence-corrected chi connectivity index (χ4v) is 3.05. The zero-order valence-corrected chi connectivity index (χ0v) is 12.1. The van der Waals surface area contributed by atoms with Crippen molar-refractivity contribution in [3.63, 3.8) is 0 Å². The van der Waals surface area contributed by atoms with Crippen LogP contribution in [0.5, 0.6) is 0 Å². The third-order valence-corrected chi connectivity index (χ3v) is 3.98. The Labute approximate surface area is 117 Å². The Hall–Kier alpha value is -0.900. The average molecular weight is 261 g/mol. The molecule has 1 aliphatic heterocycles. The van der Waals surface area contributed by atoms with Crippen molar-refractivity contribution in [2.75, 3.05) is 33.2 Å². The molecule has 3 nitrogen and oxygen atoms in total. The fraction of sp³-hybridized carbons (Fsp3) is 0.625. The summed E-state index contributed by atoms with van der Waals surface area (Å²) in [6.07, 6.45) is 4.02. The van der Waals surface area contributed by atoms with E-state index in [2.05, 4.69) is 47.2 Å². The van der Waals surface area contributed by atoms with Gasteiger partial charge in [-0.3, -0.25) is 4.90 Å². The van der Waals surface area contributed by atoms with Crippen molar-refractivity contribution >= 4 is 0 Å². The summed E-state index contributed by atoms with van der Waals surface area (Å²) in [5, 5.41) is 0. The van der Waals surface area contributed by atoms with E-state index in [4.69, 9.17) is 5.73 Å². The van der Waals surface area contributed by atoms with E-state index in [0.717, 1.165) is 26.2 Å². The van der Waals surface area contributed by atoms with Gasteiger partial charge in [0.2, 0.25) is 0 Å². The number of hydrogen-bond donors (Lipinski definition) is 1. The molecule has 1 aromatic carbocycles. The molecule has 2 N–H and O–H groups in total. The van der Waals surface area contributed by atoms with E-state index in [1.165, 1.54) is 31.4 Å². The molecular weight excluding hydrogens is 234 g/mol. The lowest BCUT2D eigenvalue weighted by molar-refractivity contribution is 0.115. The van der Waals surface area contributed by atoms with Crippen molar-refractivity contribution < 1.29 is 0 Å². The number of likely N-dealkylation sites (N-methyl/N-ethyl adjacent to an activating group) is 1. The molecule has 0 aromatic heterocycles. The van der Waals surface area contributed by atoms with Gasteiger partial charge >= 0.3 is 0 Å². The van der Waals surface area contributed by atoms with Gasteiger partial charge in [0.05, 0.1) is 0 Å². The Morgan fingerprint density at radius 2 is 2.05 bits per heavy atom. The molecule has 106 valence electrons. The van der Waals surface area contributed by atoms with Gasteiger partial charge in [-0.2, -0.15) is 0 Å². The summed E-state index contributed by atoms with van der Waals surface area (Å²) in [5.41, 5.74) is 7.12. The molecule has 0 spiro atoms. The average Bonchev–Trinajstić information content (AvgIpc) is 2.42. The van der Waals surface area contributed by atoms with Crippen molar-refractivity contribution in [2.45, 2.75) is 31.8 Å². The zero-order chi connectivity index (χ0) is 13.5. The number of nitrogens with zero attached hydrogens (tertiary/aromatic N) is 2. The van der Waals surface area contributed by atoms with Crippen LogP contribution in [0.25, 0.3) is 0 Å². The first kappa shape index (κ1) is 14.5. The molecule has 1 aromatic rings. The predicted molar refractivity (Wildman–Crippen MR) is 81.0 cm³/mol. The highest BCUT2D eigenvalue weighted by Crippen LogP contribution is 2.17. The molecule has 1 saturated heterocycles. The first-order chi connectivity index (χ1) is 9.29. The highest BCUT2D eigenvalue weighted by molar-refractivity contribution is 5.14. The first-order valence-corrected chi connectivity index (χ1v) is 7.46. The number of hydrogen-bond acceptors (Lipinski definition) is 3. The van der Waals surface area contributed by atoms with Crippen LogP contribution in [0, 0.1) is 0 Å². The zero-order valence-electron chi connectivity index (χ0n) is 12.1. The molecule has 1 aliphatic rings. The molecule has 1 atom stereocenters. The van der Waals surface area contributed by atoms with Crippen molar-refractivity contribution in [3.8, 4) is 0 Å². The largest absolute Gasteiger partial charge is 0.329 e. The number of piperidine rings is 1. The summed E-state index contributed by atoms with van der Waals surface area (Å²) in [4.78, 5) is 5.01. The van der Waals surface area contributed by atoms with Gasteiger partial charge < -0.3 is 10.6 Å². The summed E-state index contributed by atoms with van der Waals surface area (Å²) >= 11 is 0. The van der Waals surface area contributed by atoms with Gasteiger partial charge in [0.25, 0.3) is 0 Å². The predicted octanol–water partition coefficient (Wildman–Crippen LogP) is 1.93. The first-order valence-electron chi connectivity index (χ1n) is 7.46. The minimum atomic E-state index is 0.686. The Bertz CT molecular complexity index is 350. The lowest BCUT2D eigenvalue weighted by Gasteiger charge is -2.37. The molecule has 3 heteroatoms. The van der Waals surface area contributed by atoms with Crippen molar-refractivity contribution in [3.05, 3.63) is 35.9 Å². The van der Waals surface area contributed by atoms with Crippen LogP contribution >= 0.6 is 0 Å². The molecule has 19 heavy (non-hydrogen) atoms. The molecule has 0 amide bonds. The fourth-order valence-electron chi connectivity index (χ4n) is 3.05. The molecular formula is C16H27N3. The van der Waals surface area contributed by atoms with Crippen molar-refractivity contribution in [2.24, 2.45) is 5.73 Å². The van der Waals surface area contributed by atoms with Gasteiger partial charge in [-0.05, 0) is 32.0 Å². The second-order valence-electron chi connectivity index (χ2n) is 5.66. The van der Waals surface area contributed by atoms with E-state index < -0.39 is 0 Å². The number of nitrogens with two attached hydrogens (primary N) is 1. The normalized spacial score (nSPS) is 20.9. The van der Waals surface area contributed by atoms with Crippen LogP contribution in [-0.2, 0) is 6.54 Å². The lowest BCUT2D eigenvalue weighted by Crippen LogP contribution is -2.47. The SMILES string of the molecule is CN(Cc1ccccc1)C[C@@H]1CCCCN1CCN. The summed E-state index contributed by atoms with van der Waals surface area (Å²) < 4.78 is 0. The minimum absolute atomic E-state index is 0.686. The molecule has 0 saturated carbocycles. The number of likely N-dealkylation sites (tertiary alicyclic amines) is 1. The molecule has 0 radical (unpaired) electrons. The molecule has 2 rings (SSSR count). The molecule has 0 bridgehead atoms. The summed E-state index contributed by atoms with van der Waals surface area (Å²) in [6.45, 7) is 5.23. The van der Waals surface area contributed by atoms with Crippen LogP contribution in [0.3, 0.4) is 0 Å². The van der Waals surface area contributed by atoms with E-state index in [0.29, 0.717) is 6.04 Å². The molecule has 0 aliphatic carbocycles. The highest BCUT2D eigenvalue weighted by atomic mass is 15.2. The van der Waals surface area contributed by atoms with Gasteiger partial charge in [-0.15, -0.1) is 0 Å². The van der Waals surface area contributed by atoms with Gasteiger partial charge in [-0.1, -0.05) is 36.8 Å². The minimum Gasteiger partial charge on any atom is -0.329 e. The second-order valence-corrected chi connectivity index (χ2v) is 5.66. The van der Waals surface area contributed by atoms with Crippen LogP contribution in [0.2, 0.25) is 0 Å². The Morgan fingerprint density at radius 3 is 2.79 bits per heavy atom. The van der Waals surface area contributed by atoms with E-state index in [1.54, 1.807) is 0 Å². The van der Waals surface area contributed by atoms with E-state index in [1.807, 2.05) is 0 Å². The quantitative estimate of drug-likeness (QED) is 0.849. The Balaban J connectivity index is 1.84. The summed E-state index contributed by atoms with van der Waals surface area (Å²) in [6, 6.07) is 11.4. The standard InChI is InChI=1S/C16H27N3/c1-18(13-15-7-3-2-4-8-15)14-16-9-5-6-11-19(16)12-10-17/h2-4,7-8,16H,5-6,9-14,17H2,1H3/t16-/m0/s1. The Morgan fingerprint density at radius 1 is 1.26 bits per heavy atom. The highest BCUT2D eigenvalue weighted by Gasteiger charge is 2.22. The maximum atomic E-state index is 5.72. The van der Waals surface area contributed by atoms with Gasteiger partial charge in [0.1, 0.15) is 0 Å². The van der Waals surface area contributed by atoms with Crippen molar-refractivity contribution in [1.29, 1.82) is 0 Å². The van der Waals surface area contributed by atoms with E-state index in [9.17, 15) is 0 Å². The lowest BCUT2D eigenvalue weighted by atomic mass is 10.0. The second kappa shape index (κ2) is 7.63.